The predicted molar refractivity (Wildman–Crippen MR) is 134 cm³/mol. The second kappa shape index (κ2) is 11.0. The Hall–Kier alpha value is -3.69. The molecular weight excluding hydrogens is 473 g/mol. The zero-order chi connectivity index (χ0) is 23.9. The monoisotopic (exact) mass is 493 g/mol. The molecule has 0 radical (unpaired) electrons. The highest BCUT2D eigenvalue weighted by molar-refractivity contribution is 8.00. The Morgan fingerprint density at radius 3 is 2.65 bits per heavy atom. The van der Waals surface area contributed by atoms with E-state index in [4.69, 9.17) is 4.74 Å². The van der Waals surface area contributed by atoms with Crippen LogP contribution in [0.2, 0.25) is 0 Å². The van der Waals surface area contributed by atoms with Gasteiger partial charge in [0.2, 0.25) is 5.91 Å². The Labute approximate surface area is 204 Å². The van der Waals surface area contributed by atoms with Gasteiger partial charge in [0, 0.05) is 21.5 Å². The third-order valence-electron chi connectivity index (χ3n) is 4.71. The largest absolute Gasteiger partial charge is 0.496 e. The molecule has 4 rings (SSSR count). The summed E-state index contributed by atoms with van der Waals surface area (Å²) in [6, 6.07) is 20.4. The number of hydrogen-bond donors (Lipinski definition) is 2. The van der Waals surface area contributed by atoms with Crippen molar-refractivity contribution in [1.82, 2.24) is 4.98 Å². The number of para-hydroxylation sites is 1. The number of nitrogens with zero attached hydrogens (tertiary/aromatic N) is 1. The number of nitrogens with one attached hydrogen (secondary N) is 2. The number of carbonyl (C=O) groups is 2. The molecule has 0 saturated heterocycles. The smallest absolute Gasteiger partial charge is 0.258 e. The third-order valence-corrected chi connectivity index (χ3v) is 6.47. The van der Waals surface area contributed by atoms with Gasteiger partial charge >= 0.3 is 0 Å². The van der Waals surface area contributed by atoms with Crippen molar-refractivity contribution >= 4 is 45.7 Å². The van der Waals surface area contributed by atoms with E-state index in [2.05, 4.69) is 15.6 Å². The number of hydrogen-bond acceptors (Lipinski definition) is 6. The first-order chi connectivity index (χ1) is 16.5. The summed E-state index contributed by atoms with van der Waals surface area (Å²) in [5.74, 6) is -0.449. The summed E-state index contributed by atoms with van der Waals surface area (Å²) in [5.41, 5.74) is 2.06. The van der Waals surface area contributed by atoms with Gasteiger partial charge in [0.15, 0.2) is 5.13 Å². The lowest BCUT2D eigenvalue weighted by atomic mass is 10.1. The normalized spacial score (nSPS) is 10.5. The fraction of sp³-hybridized carbons (Fsp3) is 0.0800. The van der Waals surface area contributed by atoms with Crippen LogP contribution in [0.25, 0.3) is 11.3 Å². The van der Waals surface area contributed by atoms with Crippen LogP contribution >= 0.6 is 23.1 Å². The van der Waals surface area contributed by atoms with Crippen LogP contribution in [0, 0.1) is 5.82 Å². The minimum absolute atomic E-state index is 0.0316. The molecule has 0 spiro atoms. The molecule has 1 heterocycles. The minimum Gasteiger partial charge on any atom is -0.496 e. The Kier molecular flexibility index (Phi) is 7.56. The Balaban J connectivity index is 1.34. The number of methoxy groups -OCH3 is 1. The van der Waals surface area contributed by atoms with Crippen LogP contribution in [0.3, 0.4) is 0 Å². The van der Waals surface area contributed by atoms with Gasteiger partial charge in [-0.3, -0.25) is 9.59 Å². The average molecular weight is 494 g/mol. The lowest BCUT2D eigenvalue weighted by Crippen LogP contribution is -2.14. The molecule has 0 aliphatic rings. The molecule has 0 aliphatic heterocycles. The van der Waals surface area contributed by atoms with E-state index in [0.717, 1.165) is 16.2 Å². The second-order valence-corrected chi connectivity index (χ2v) is 8.94. The molecule has 172 valence electrons. The molecule has 34 heavy (non-hydrogen) atoms. The maximum absolute atomic E-state index is 13.8. The van der Waals surface area contributed by atoms with E-state index in [9.17, 15) is 14.0 Å². The molecule has 4 aromatic rings. The van der Waals surface area contributed by atoms with E-state index < -0.39 is 11.7 Å². The van der Waals surface area contributed by atoms with Gasteiger partial charge in [0.1, 0.15) is 11.6 Å². The lowest BCUT2D eigenvalue weighted by Gasteiger charge is -2.08. The number of aromatic nitrogens is 1. The number of halogens is 1. The molecule has 6 nitrogen and oxygen atoms in total. The van der Waals surface area contributed by atoms with E-state index in [0.29, 0.717) is 16.6 Å². The maximum atomic E-state index is 13.8. The third kappa shape index (κ3) is 5.81. The summed E-state index contributed by atoms with van der Waals surface area (Å²) in [6.07, 6.45) is 0. The SMILES string of the molecule is COc1ccccc1-c1csc(NC(=O)CSc2cccc(NC(=O)c3ccccc3F)c2)n1. The fourth-order valence-corrected chi connectivity index (χ4v) is 4.60. The van der Waals surface area contributed by atoms with Crippen molar-refractivity contribution in [3.8, 4) is 17.0 Å². The van der Waals surface area contributed by atoms with Crippen LogP contribution in [0.4, 0.5) is 15.2 Å². The van der Waals surface area contributed by atoms with Crippen molar-refractivity contribution in [3.63, 3.8) is 0 Å². The summed E-state index contributed by atoms with van der Waals surface area (Å²) in [4.78, 5) is 30.0. The van der Waals surface area contributed by atoms with Crippen molar-refractivity contribution < 1.29 is 18.7 Å². The van der Waals surface area contributed by atoms with Crippen LogP contribution in [-0.4, -0.2) is 29.7 Å². The molecule has 0 fully saturated rings. The van der Waals surface area contributed by atoms with Gasteiger partial charge in [0.25, 0.3) is 5.91 Å². The van der Waals surface area contributed by atoms with E-state index in [1.807, 2.05) is 35.7 Å². The van der Waals surface area contributed by atoms with Gasteiger partial charge in [-0.2, -0.15) is 0 Å². The molecule has 0 unspecified atom stereocenters. The van der Waals surface area contributed by atoms with Crippen molar-refractivity contribution in [2.75, 3.05) is 23.5 Å². The molecule has 9 heteroatoms. The molecule has 0 saturated carbocycles. The van der Waals surface area contributed by atoms with Crippen LogP contribution in [-0.2, 0) is 4.79 Å². The molecule has 0 atom stereocenters. The van der Waals surface area contributed by atoms with Gasteiger partial charge in [0.05, 0.1) is 24.1 Å². The Morgan fingerprint density at radius 2 is 1.82 bits per heavy atom. The number of ether oxygens (including phenoxy) is 1. The van der Waals surface area contributed by atoms with Crippen LogP contribution < -0.4 is 15.4 Å². The van der Waals surface area contributed by atoms with Crippen LogP contribution in [0.15, 0.2) is 83.1 Å². The summed E-state index contributed by atoms with van der Waals surface area (Å²) in [7, 11) is 1.60. The standard InChI is InChI=1S/C25H20FN3O3S2/c1-32-22-12-5-3-10-19(22)21-14-34-25(28-21)29-23(30)15-33-17-8-6-7-16(13-17)27-24(31)18-9-2-4-11-20(18)26/h2-14H,15H2,1H3,(H,27,31)(H,28,29,30). The zero-order valence-corrected chi connectivity index (χ0v) is 19.7. The molecule has 3 aromatic carbocycles. The van der Waals surface area contributed by atoms with Gasteiger partial charge in [-0.05, 0) is 42.5 Å². The average Bonchev–Trinajstić information content (AvgIpc) is 3.31. The van der Waals surface area contributed by atoms with Crippen molar-refractivity contribution in [3.05, 3.63) is 89.6 Å². The van der Waals surface area contributed by atoms with E-state index in [1.54, 1.807) is 31.4 Å². The number of benzene rings is 3. The quantitative estimate of drug-likeness (QED) is 0.297. The number of carbonyl (C=O) groups excluding carboxylic acids is 2. The van der Waals surface area contributed by atoms with E-state index in [-0.39, 0.29) is 17.2 Å². The molecular formula is C25H20FN3O3S2. The first-order valence-corrected chi connectivity index (χ1v) is 12.1. The second-order valence-electron chi connectivity index (χ2n) is 7.04. The number of rotatable bonds is 8. The van der Waals surface area contributed by atoms with Crippen molar-refractivity contribution in [1.29, 1.82) is 0 Å². The first-order valence-electron chi connectivity index (χ1n) is 10.2. The first kappa shape index (κ1) is 23.5. The van der Waals surface area contributed by atoms with Gasteiger partial charge < -0.3 is 15.4 Å². The lowest BCUT2D eigenvalue weighted by molar-refractivity contribution is -0.113. The van der Waals surface area contributed by atoms with Crippen molar-refractivity contribution in [2.24, 2.45) is 0 Å². The number of anilines is 2. The number of thiazole rings is 1. The maximum Gasteiger partial charge on any atom is 0.258 e. The predicted octanol–water partition coefficient (Wildman–Crippen LogP) is 5.94. The number of amides is 2. The van der Waals surface area contributed by atoms with Gasteiger partial charge in [-0.1, -0.05) is 30.3 Å². The number of thioether (sulfide) groups is 1. The van der Waals surface area contributed by atoms with Crippen molar-refractivity contribution in [2.45, 2.75) is 4.90 Å². The van der Waals surface area contributed by atoms with Gasteiger partial charge in [-0.15, -0.1) is 23.1 Å². The highest BCUT2D eigenvalue weighted by Gasteiger charge is 2.13. The summed E-state index contributed by atoms with van der Waals surface area (Å²) in [5, 5.41) is 7.85. The summed E-state index contributed by atoms with van der Waals surface area (Å²) < 4.78 is 19.2. The summed E-state index contributed by atoms with van der Waals surface area (Å²) >= 11 is 2.65. The molecule has 1 aromatic heterocycles. The van der Waals surface area contributed by atoms with Crippen LogP contribution in [0.1, 0.15) is 10.4 Å². The highest BCUT2D eigenvalue weighted by atomic mass is 32.2. The minimum atomic E-state index is -0.585. The topological polar surface area (TPSA) is 80.3 Å². The van der Waals surface area contributed by atoms with E-state index >= 15 is 0 Å². The fourth-order valence-electron chi connectivity index (χ4n) is 3.12. The molecule has 0 bridgehead atoms. The molecule has 2 amide bonds. The Bertz CT molecular complexity index is 1330. The summed E-state index contributed by atoms with van der Waals surface area (Å²) in [6.45, 7) is 0. The zero-order valence-electron chi connectivity index (χ0n) is 18.1. The van der Waals surface area contributed by atoms with Crippen LogP contribution in [0.5, 0.6) is 5.75 Å². The highest BCUT2D eigenvalue weighted by Crippen LogP contribution is 2.32. The molecule has 2 N–H and O–H groups in total. The molecule has 0 aliphatic carbocycles. The van der Waals surface area contributed by atoms with Gasteiger partial charge in [-0.25, -0.2) is 9.37 Å². The van der Waals surface area contributed by atoms with E-state index in [1.165, 1.54) is 41.3 Å². The Morgan fingerprint density at radius 1 is 1.03 bits per heavy atom.